The summed E-state index contributed by atoms with van der Waals surface area (Å²) in [7, 11) is 0. The number of aliphatic carboxylic acids is 1. The van der Waals surface area contributed by atoms with Gasteiger partial charge in [0, 0.05) is 6.54 Å². The molecule has 0 aliphatic rings. The summed E-state index contributed by atoms with van der Waals surface area (Å²) in [6.45, 7) is 2.50. The van der Waals surface area contributed by atoms with Crippen LogP contribution in [0.25, 0.3) is 0 Å². The van der Waals surface area contributed by atoms with Gasteiger partial charge in [0.2, 0.25) is 5.91 Å². The van der Waals surface area contributed by atoms with Crippen molar-refractivity contribution in [3.8, 4) is 0 Å². The third-order valence-corrected chi connectivity index (χ3v) is 2.30. The Balaban J connectivity index is 2.55. The molecule has 0 spiro atoms. The molecular weight excluding hydrogens is 246 g/mol. The molecule has 0 fully saturated rings. The molecule has 0 saturated heterocycles. The number of carboxylic acid groups (broad SMARTS) is 1. The summed E-state index contributed by atoms with van der Waals surface area (Å²) in [6, 6.07) is 7.52. The number of nitrogens with two attached hydrogens (primary N) is 1. The zero-order chi connectivity index (χ0) is 14.3. The Labute approximate surface area is 111 Å². The highest BCUT2D eigenvalue weighted by atomic mass is 16.4. The molecule has 0 heterocycles. The first-order chi connectivity index (χ1) is 8.97. The summed E-state index contributed by atoms with van der Waals surface area (Å²) in [4.78, 5) is 25.6. The van der Waals surface area contributed by atoms with Crippen LogP contribution in [0.15, 0.2) is 29.3 Å². The first-order valence-corrected chi connectivity index (χ1v) is 5.80. The second kappa shape index (κ2) is 7.15. The minimum Gasteiger partial charge on any atom is -0.481 e. The summed E-state index contributed by atoms with van der Waals surface area (Å²) >= 11 is 0. The zero-order valence-electron chi connectivity index (χ0n) is 10.7. The van der Waals surface area contributed by atoms with E-state index in [0.29, 0.717) is 18.9 Å². The number of hydrogen-bond acceptors (Lipinski definition) is 3. The predicted octanol–water partition coefficient (Wildman–Crippen LogP) is 0.655. The van der Waals surface area contributed by atoms with E-state index >= 15 is 0 Å². The van der Waals surface area contributed by atoms with Gasteiger partial charge in [-0.2, -0.15) is 0 Å². The van der Waals surface area contributed by atoms with Crippen LogP contribution < -0.4 is 11.1 Å². The molecule has 19 heavy (non-hydrogen) atoms. The van der Waals surface area contributed by atoms with Crippen LogP contribution in [0.5, 0.6) is 0 Å². The van der Waals surface area contributed by atoms with Gasteiger partial charge >= 0.3 is 5.97 Å². The first kappa shape index (κ1) is 14.7. The molecule has 1 amide bonds. The van der Waals surface area contributed by atoms with Gasteiger partial charge in [-0.3, -0.25) is 14.6 Å². The maximum atomic E-state index is 11.2. The average Bonchev–Trinajstić information content (AvgIpc) is 2.34. The van der Waals surface area contributed by atoms with Crippen LogP contribution >= 0.6 is 0 Å². The largest absolute Gasteiger partial charge is 0.481 e. The molecule has 0 aliphatic carbocycles. The molecule has 1 rings (SSSR count). The van der Waals surface area contributed by atoms with Crippen LogP contribution in [0.4, 0.5) is 0 Å². The van der Waals surface area contributed by atoms with Crippen molar-refractivity contribution in [1.82, 2.24) is 5.32 Å². The fourth-order valence-electron chi connectivity index (χ4n) is 1.45. The highest BCUT2D eigenvalue weighted by Crippen LogP contribution is 2.06. The molecule has 0 saturated carbocycles. The lowest BCUT2D eigenvalue weighted by atomic mass is 10.1. The van der Waals surface area contributed by atoms with Crippen molar-refractivity contribution in [3.63, 3.8) is 0 Å². The van der Waals surface area contributed by atoms with Crippen LogP contribution in [0, 0.1) is 0 Å². The van der Waals surface area contributed by atoms with Gasteiger partial charge in [0.15, 0.2) is 0 Å². The van der Waals surface area contributed by atoms with Gasteiger partial charge in [-0.25, -0.2) is 0 Å². The molecule has 0 aliphatic heterocycles. The molecule has 0 bridgehead atoms. The minimum absolute atomic E-state index is 0.297. The molecule has 0 aromatic heterocycles. The van der Waals surface area contributed by atoms with Crippen LogP contribution in [-0.4, -0.2) is 22.8 Å². The summed E-state index contributed by atoms with van der Waals surface area (Å²) in [5, 5.41) is 11.0. The number of amides is 1. The fraction of sp³-hybridized carbons (Fsp3) is 0.308. The van der Waals surface area contributed by atoms with Gasteiger partial charge in [-0.1, -0.05) is 24.3 Å². The number of rotatable bonds is 6. The van der Waals surface area contributed by atoms with Crippen molar-refractivity contribution in [1.29, 1.82) is 0 Å². The van der Waals surface area contributed by atoms with Gasteiger partial charge in [-0.15, -0.1) is 0 Å². The van der Waals surface area contributed by atoms with Gasteiger partial charge in [0.1, 0.15) is 6.42 Å². The number of carboxylic acids is 1. The Morgan fingerprint density at radius 1 is 1.37 bits per heavy atom. The van der Waals surface area contributed by atoms with Crippen molar-refractivity contribution in [2.75, 3.05) is 0 Å². The summed E-state index contributed by atoms with van der Waals surface area (Å²) in [6.07, 6.45) is -0.518. The number of carbonyl (C=O) groups excluding carboxylic acids is 1. The molecule has 0 unspecified atom stereocenters. The third kappa shape index (κ3) is 6.21. The summed E-state index contributed by atoms with van der Waals surface area (Å²) < 4.78 is 0. The van der Waals surface area contributed by atoms with Crippen molar-refractivity contribution < 1.29 is 14.7 Å². The van der Waals surface area contributed by atoms with E-state index in [0.717, 1.165) is 11.1 Å². The summed E-state index contributed by atoms with van der Waals surface area (Å²) in [5.41, 5.74) is 7.33. The normalized spacial score (nSPS) is 11.1. The lowest BCUT2D eigenvalue weighted by Crippen LogP contribution is -2.25. The number of amidine groups is 1. The Bertz CT molecular complexity index is 494. The molecule has 1 aromatic rings. The van der Waals surface area contributed by atoms with Gasteiger partial charge in [-0.05, 0) is 18.1 Å². The lowest BCUT2D eigenvalue weighted by Gasteiger charge is -2.05. The highest BCUT2D eigenvalue weighted by molar-refractivity contribution is 5.93. The Hall–Kier alpha value is -2.37. The standard InChI is InChI=1S/C13H17N3O3/c1-9(14)15-7-10-3-2-4-11(5-10)8-16-12(17)6-13(18)19/h2-5H,6-8H2,1H3,(H2,14,15)(H,16,17)(H,18,19). The topological polar surface area (TPSA) is 105 Å². The minimum atomic E-state index is -1.14. The van der Waals surface area contributed by atoms with E-state index in [1.54, 1.807) is 6.92 Å². The third-order valence-electron chi connectivity index (χ3n) is 2.30. The monoisotopic (exact) mass is 263 g/mol. The smallest absolute Gasteiger partial charge is 0.312 e. The number of aliphatic imine (C=N–C) groups is 1. The van der Waals surface area contributed by atoms with Crippen LogP contribution in [0.3, 0.4) is 0 Å². The molecule has 0 radical (unpaired) electrons. The van der Waals surface area contributed by atoms with Crippen molar-refractivity contribution in [2.24, 2.45) is 10.7 Å². The van der Waals surface area contributed by atoms with Crippen molar-refractivity contribution in [3.05, 3.63) is 35.4 Å². The van der Waals surface area contributed by atoms with E-state index in [9.17, 15) is 9.59 Å². The van der Waals surface area contributed by atoms with Crippen LogP contribution in [0.1, 0.15) is 24.5 Å². The average molecular weight is 263 g/mol. The van der Waals surface area contributed by atoms with E-state index in [-0.39, 0.29) is 0 Å². The van der Waals surface area contributed by atoms with Crippen molar-refractivity contribution >= 4 is 17.7 Å². The quantitative estimate of drug-likeness (QED) is 0.398. The number of nitrogens with zero attached hydrogens (tertiary/aromatic N) is 1. The molecule has 6 nitrogen and oxygen atoms in total. The van der Waals surface area contributed by atoms with E-state index in [2.05, 4.69) is 10.3 Å². The maximum Gasteiger partial charge on any atom is 0.312 e. The molecule has 6 heteroatoms. The molecule has 102 valence electrons. The van der Waals surface area contributed by atoms with E-state index < -0.39 is 18.3 Å². The lowest BCUT2D eigenvalue weighted by molar-refractivity contribution is -0.140. The SMILES string of the molecule is CC(N)=NCc1cccc(CNC(=O)CC(=O)O)c1. The number of carbonyl (C=O) groups is 2. The number of nitrogens with one attached hydrogen (secondary N) is 1. The Morgan fingerprint density at radius 2 is 2.05 bits per heavy atom. The van der Waals surface area contributed by atoms with Crippen molar-refractivity contribution in [2.45, 2.75) is 26.4 Å². The second-order valence-corrected chi connectivity index (χ2v) is 4.12. The zero-order valence-corrected chi connectivity index (χ0v) is 10.7. The highest BCUT2D eigenvalue weighted by Gasteiger charge is 2.06. The molecular formula is C13H17N3O3. The van der Waals surface area contributed by atoms with E-state index in [1.165, 1.54) is 0 Å². The molecule has 0 atom stereocenters. The van der Waals surface area contributed by atoms with Crippen LogP contribution in [-0.2, 0) is 22.7 Å². The number of benzene rings is 1. The number of hydrogen-bond donors (Lipinski definition) is 3. The van der Waals surface area contributed by atoms with E-state index in [1.807, 2.05) is 24.3 Å². The molecule has 4 N–H and O–H groups in total. The second-order valence-electron chi connectivity index (χ2n) is 4.12. The summed E-state index contributed by atoms with van der Waals surface area (Å²) in [5.74, 6) is -1.13. The predicted molar refractivity (Wildman–Crippen MR) is 71.5 cm³/mol. The fourth-order valence-corrected chi connectivity index (χ4v) is 1.45. The first-order valence-electron chi connectivity index (χ1n) is 5.80. The van der Waals surface area contributed by atoms with Gasteiger partial charge in [0.05, 0.1) is 12.4 Å². The van der Waals surface area contributed by atoms with Gasteiger partial charge < -0.3 is 16.2 Å². The van der Waals surface area contributed by atoms with E-state index in [4.69, 9.17) is 10.8 Å². The van der Waals surface area contributed by atoms with Gasteiger partial charge in [0.25, 0.3) is 0 Å². The Morgan fingerprint density at radius 3 is 2.68 bits per heavy atom. The maximum absolute atomic E-state index is 11.2. The van der Waals surface area contributed by atoms with Crippen LogP contribution in [0.2, 0.25) is 0 Å². The molecule has 1 aromatic carbocycles. The Kier molecular flexibility index (Phi) is 5.53.